The second kappa shape index (κ2) is 6.11. The van der Waals surface area contributed by atoms with Gasteiger partial charge in [0.15, 0.2) is 0 Å². The van der Waals surface area contributed by atoms with Crippen LogP contribution in [0.5, 0.6) is 0 Å². The molecule has 2 rings (SSSR count). The van der Waals surface area contributed by atoms with Crippen LogP contribution in [0.1, 0.15) is 25.5 Å². The SMILES string of the molecule is CNCc1cnc(N2CCC(OC)CC2C)cn1. The number of ether oxygens (including phenoxy) is 1. The largest absolute Gasteiger partial charge is 0.381 e. The molecule has 1 N–H and O–H groups in total. The molecule has 0 aromatic carbocycles. The van der Waals surface area contributed by atoms with Crippen molar-refractivity contribution in [2.75, 3.05) is 25.6 Å². The molecule has 0 radical (unpaired) electrons. The van der Waals surface area contributed by atoms with Gasteiger partial charge in [-0.2, -0.15) is 0 Å². The fourth-order valence-corrected chi connectivity index (χ4v) is 2.45. The summed E-state index contributed by atoms with van der Waals surface area (Å²) in [5.74, 6) is 0.969. The molecule has 0 spiro atoms. The van der Waals surface area contributed by atoms with Gasteiger partial charge in [-0.15, -0.1) is 0 Å². The number of hydrogen-bond acceptors (Lipinski definition) is 5. The summed E-state index contributed by atoms with van der Waals surface area (Å²) >= 11 is 0. The van der Waals surface area contributed by atoms with Crippen LogP contribution < -0.4 is 10.2 Å². The third-order valence-electron chi connectivity index (χ3n) is 3.51. The number of nitrogens with zero attached hydrogens (tertiary/aromatic N) is 3. The van der Waals surface area contributed by atoms with E-state index < -0.39 is 0 Å². The van der Waals surface area contributed by atoms with Crippen LogP contribution in [0.25, 0.3) is 0 Å². The van der Waals surface area contributed by atoms with Gasteiger partial charge in [0, 0.05) is 26.2 Å². The fourth-order valence-electron chi connectivity index (χ4n) is 2.45. The Bertz CT molecular complexity index is 368. The number of anilines is 1. The van der Waals surface area contributed by atoms with Gasteiger partial charge in [0.2, 0.25) is 0 Å². The van der Waals surface area contributed by atoms with Crippen LogP contribution in [0.2, 0.25) is 0 Å². The van der Waals surface area contributed by atoms with Gasteiger partial charge in [0.25, 0.3) is 0 Å². The summed E-state index contributed by atoms with van der Waals surface area (Å²) in [4.78, 5) is 11.2. The molecular formula is C13H22N4O. The minimum absolute atomic E-state index is 0.382. The Morgan fingerprint density at radius 2 is 2.28 bits per heavy atom. The van der Waals surface area contributed by atoms with Gasteiger partial charge < -0.3 is 15.0 Å². The number of hydrogen-bond donors (Lipinski definition) is 1. The second-order valence-corrected chi connectivity index (χ2v) is 4.82. The zero-order valence-electron chi connectivity index (χ0n) is 11.4. The Labute approximate surface area is 109 Å². The molecule has 5 heteroatoms. The maximum Gasteiger partial charge on any atom is 0.147 e. The van der Waals surface area contributed by atoms with Gasteiger partial charge in [-0.1, -0.05) is 0 Å². The van der Waals surface area contributed by atoms with Gasteiger partial charge in [0.1, 0.15) is 5.82 Å². The van der Waals surface area contributed by atoms with E-state index in [1.807, 2.05) is 19.4 Å². The molecule has 1 aromatic heterocycles. The molecular weight excluding hydrogens is 228 g/mol. The zero-order chi connectivity index (χ0) is 13.0. The third kappa shape index (κ3) is 2.97. The van der Waals surface area contributed by atoms with Crippen molar-refractivity contribution >= 4 is 5.82 Å². The lowest BCUT2D eigenvalue weighted by atomic mass is 10.0. The van der Waals surface area contributed by atoms with Crippen molar-refractivity contribution in [2.24, 2.45) is 0 Å². The first-order valence-electron chi connectivity index (χ1n) is 6.49. The average molecular weight is 250 g/mol. The lowest BCUT2D eigenvalue weighted by Gasteiger charge is -2.37. The lowest BCUT2D eigenvalue weighted by molar-refractivity contribution is 0.0719. The summed E-state index contributed by atoms with van der Waals surface area (Å²) in [7, 11) is 3.70. The van der Waals surface area contributed by atoms with Crippen molar-refractivity contribution in [3.63, 3.8) is 0 Å². The van der Waals surface area contributed by atoms with Crippen LogP contribution in [-0.2, 0) is 11.3 Å². The Balaban J connectivity index is 2.03. The van der Waals surface area contributed by atoms with Crippen LogP contribution in [0.4, 0.5) is 5.82 Å². The standard InChI is InChI=1S/C13H22N4O/c1-10-6-12(18-3)4-5-17(10)13-9-15-11(7-14-2)8-16-13/h8-10,12,14H,4-7H2,1-3H3. The predicted octanol–water partition coefficient (Wildman–Crippen LogP) is 1.20. The Morgan fingerprint density at radius 1 is 1.44 bits per heavy atom. The van der Waals surface area contributed by atoms with Crippen LogP contribution in [-0.4, -0.2) is 42.8 Å². The smallest absolute Gasteiger partial charge is 0.147 e. The van der Waals surface area contributed by atoms with E-state index in [1.165, 1.54) is 0 Å². The highest BCUT2D eigenvalue weighted by molar-refractivity contribution is 5.38. The molecule has 1 saturated heterocycles. The van der Waals surface area contributed by atoms with E-state index in [0.717, 1.165) is 37.4 Å². The molecule has 5 nitrogen and oxygen atoms in total. The molecule has 2 atom stereocenters. The average Bonchev–Trinajstić information content (AvgIpc) is 2.40. The number of methoxy groups -OCH3 is 1. The minimum Gasteiger partial charge on any atom is -0.381 e. The summed E-state index contributed by atoms with van der Waals surface area (Å²) in [6.45, 7) is 3.96. The van der Waals surface area contributed by atoms with E-state index in [0.29, 0.717) is 12.1 Å². The van der Waals surface area contributed by atoms with Crippen molar-refractivity contribution in [3.05, 3.63) is 18.1 Å². The van der Waals surface area contributed by atoms with E-state index in [9.17, 15) is 0 Å². The summed E-state index contributed by atoms with van der Waals surface area (Å²) in [5, 5.41) is 3.07. The molecule has 18 heavy (non-hydrogen) atoms. The van der Waals surface area contributed by atoms with Gasteiger partial charge in [-0.05, 0) is 26.8 Å². The van der Waals surface area contributed by atoms with Gasteiger partial charge in [-0.25, -0.2) is 4.98 Å². The predicted molar refractivity (Wildman–Crippen MR) is 71.6 cm³/mol. The first kappa shape index (κ1) is 13.2. The van der Waals surface area contributed by atoms with Crippen LogP contribution in [0, 0.1) is 0 Å². The maximum atomic E-state index is 5.43. The molecule has 2 unspecified atom stereocenters. The highest BCUT2D eigenvalue weighted by Gasteiger charge is 2.26. The van der Waals surface area contributed by atoms with Crippen LogP contribution >= 0.6 is 0 Å². The van der Waals surface area contributed by atoms with E-state index in [1.54, 1.807) is 7.11 Å². The van der Waals surface area contributed by atoms with Crippen LogP contribution in [0.3, 0.4) is 0 Å². The maximum absolute atomic E-state index is 5.43. The van der Waals surface area contributed by atoms with Crippen molar-refractivity contribution in [3.8, 4) is 0 Å². The van der Waals surface area contributed by atoms with Gasteiger partial charge >= 0.3 is 0 Å². The molecule has 1 aliphatic heterocycles. The molecule has 0 amide bonds. The van der Waals surface area contributed by atoms with Crippen molar-refractivity contribution < 1.29 is 4.74 Å². The lowest BCUT2D eigenvalue weighted by Crippen LogP contribution is -2.43. The molecule has 1 aliphatic rings. The molecule has 0 aliphatic carbocycles. The van der Waals surface area contributed by atoms with E-state index in [4.69, 9.17) is 4.74 Å². The summed E-state index contributed by atoms with van der Waals surface area (Å²) in [6, 6.07) is 0.452. The highest BCUT2D eigenvalue weighted by Crippen LogP contribution is 2.23. The summed E-state index contributed by atoms with van der Waals surface area (Å²) in [6.07, 6.45) is 6.21. The summed E-state index contributed by atoms with van der Waals surface area (Å²) < 4.78 is 5.43. The fraction of sp³-hybridized carbons (Fsp3) is 0.692. The summed E-state index contributed by atoms with van der Waals surface area (Å²) in [5.41, 5.74) is 0.973. The molecule has 0 bridgehead atoms. The van der Waals surface area contributed by atoms with Crippen LogP contribution in [0.15, 0.2) is 12.4 Å². The zero-order valence-corrected chi connectivity index (χ0v) is 11.4. The minimum atomic E-state index is 0.382. The Kier molecular flexibility index (Phi) is 4.49. The van der Waals surface area contributed by atoms with Gasteiger partial charge in [0.05, 0.1) is 24.2 Å². The highest BCUT2D eigenvalue weighted by atomic mass is 16.5. The Morgan fingerprint density at radius 3 is 2.83 bits per heavy atom. The molecule has 1 aromatic rings. The van der Waals surface area contributed by atoms with Crippen molar-refractivity contribution in [1.29, 1.82) is 0 Å². The quantitative estimate of drug-likeness (QED) is 0.870. The molecule has 1 fully saturated rings. The molecule has 2 heterocycles. The first-order valence-corrected chi connectivity index (χ1v) is 6.49. The van der Waals surface area contributed by atoms with Crippen molar-refractivity contribution in [2.45, 2.75) is 38.5 Å². The van der Waals surface area contributed by atoms with E-state index in [2.05, 4.69) is 27.1 Å². The van der Waals surface area contributed by atoms with Gasteiger partial charge in [-0.3, -0.25) is 4.98 Å². The van der Waals surface area contributed by atoms with Crippen molar-refractivity contribution in [1.82, 2.24) is 15.3 Å². The normalized spacial score (nSPS) is 24.3. The van der Waals surface area contributed by atoms with E-state index in [-0.39, 0.29) is 0 Å². The number of nitrogens with one attached hydrogen (secondary N) is 1. The molecule has 0 saturated carbocycles. The monoisotopic (exact) mass is 250 g/mol. The molecule has 100 valence electrons. The number of rotatable bonds is 4. The second-order valence-electron chi connectivity index (χ2n) is 4.82. The Hall–Kier alpha value is -1.20. The topological polar surface area (TPSA) is 50.3 Å². The number of piperidine rings is 1. The first-order chi connectivity index (χ1) is 8.74. The van der Waals surface area contributed by atoms with E-state index >= 15 is 0 Å². The number of aromatic nitrogens is 2. The third-order valence-corrected chi connectivity index (χ3v) is 3.51.